The van der Waals surface area contributed by atoms with Gasteiger partial charge in [0.2, 0.25) is 0 Å². The molecule has 2 heteroatoms. The third-order valence-corrected chi connectivity index (χ3v) is 7.66. The molecule has 0 N–H and O–H groups in total. The van der Waals surface area contributed by atoms with Gasteiger partial charge in [0, 0.05) is 34.2 Å². The summed E-state index contributed by atoms with van der Waals surface area (Å²) in [5.74, 6) is 0. The first-order valence-corrected chi connectivity index (χ1v) is 12.6. The van der Waals surface area contributed by atoms with E-state index in [9.17, 15) is 0 Å². The smallest absolute Gasteiger partial charge is 0.0541 e. The van der Waals surface area contributed by atoms with Gasteiger partial charge in [-0.3, -0.25) is 4.98 Å². The predicted molar refractivity (Wildman–Crippen MR) is 157 cm³/mol. The van der Waals surface area contributed by atoms with Gasteiger partial charge in [0.25, 0.3) is 0 Å². The van der Waals surface area contributed by atoms with Crippen LogP contribution in [0.5, 0.6) is 0 Å². The fourth-order valence-corrected chi connectivity index (χ4v) is 6.00. The Morgan fingerprint density at radius 3 is 1.73 bits per heavy atom. The molecule has 0 radical (unpaired) electrons. The Morgan fingerprint density at radius 2 is 1.00 bits per heavy atom. The van der Waals surface area contributed by atoms with Crippen LogP contribution >= 0.6 is 0 Å². The molecule has 0 spiro atoms. The lowest BCUT2D eigenvalue weighted by molar-refractivity contribution is 1.18. The van der Waals surface area contributed by atoms with Gasteiger partial charge in [0.05, 0.1) is 11.0 Å². The molecule has 0 fully saturated rings. The van der Waals surface area contributed by atoms with Crippen LogP contribution in [-0.2, 0) is 0 Å². The standard InChI is InChI=1S/C35H22N2/c1-2-11-27-26(10-1)28-17-16-24(21-32(28)33-22-36-19-18-29(27)33)23-8-7-9-25(20-23)37-34-14-5-3-12-30(34)31-13-4-6-15-35(31)37/h1-22H. The van der Waals surface area contributed by atoms with E-state index in [-0.39, 0.29) is 0 Å². The molecule has 0 saturated carbocycles. The lowest BCUT2D eigenvalue weighted by Crippen LogP contribution is -1.94. The molecular weight excluding hydrogens is 448 g/mol. The second kappa shape index (κ2) is 7.78. The van der Waals surface area contributed by atoms with Crippen molar-refractivity contribution >= 4 is 54.1 Å². The molecular formula is C35H22N2. The zero-order chi connectivity index (χ0) is 24.3. The molecule has 0 amide bonds. The van der Waals surface area contributed by atoms with Gasteiger partial charge in [-0.05, 0) is 74.5 Å². The minimum atomic E-state index is 1.17. The number of rotatable bonds is 2. The SMILES string of the molecule is c1cc(-c2ccc3c4ccccc4c4ccncc4c3c2)cc(-n2c3ccccc3c3ccccc32)c1. The van der Waals surface area contributed by atoms with E-state index in [0.717, 1.165) is 0 Å². The maximum atomic E-state index is 4.47. The molecule has 2 nitrogen and oxygen atoms in total. The van der Waals surface area contributed by atoms with Crippen molar-refractivity contribution in [2.45, 2.75) is 0 Å². The average Bonchev–Trinajstić information content (AvgIpc) is 3.32. The number of hydrogen-bond acceptors (Lipinski definition) is 1. The lowest BCUT2D eigenvalue weighted by atomic mass is 9.93. The number of aromatic nitrogens is 2. The molecule has 6 aromatic carbocycles. The third kappa shape index (κ3) is 2.96. The van der Waals surface area contributed by atoms with Gasteiger partial charge in [0.15, 0.2) is 0 Å². The minimum Gasteiger partial charge on any atom is -0.309 e. The third-order valence-electron chi connectivity index (χ3n) is 7.66. The van der Waals surface area contributed by atoms with Crippen molar-refractivity contribution in [3.05, 3.63) is 134 Å². The van der Waals surface area contributed by atoms with Crippen molar-refractivity contribution in [3.8, 4) is 16.8 Å². The molecule has 172 valence electrons. The Hall–Kier alpha value is -4.95. The van der Waals surface area contributed by atoms with Crippen LogP contribution in [0.3, 0.4) is 0 Å². The zero-order valence-corrected chi connectivity index (χ0v) is 20.1. The first-order valence-electron chi connectivity index (χ1n) is 12.6. The number of hydrogen-bond donors (Lipinski definition) is 0. The Kier molecular flexibility index (Phi) is 4.26. The van der Waals surface area contributed by atoms with Crippen LogP contribution in [0.4, 0.5) is 0 Å². The maximum absolute atomic E-state index is 4.47. The molecule has 8 aromatic rings. The molecule has 2 heterocycles. The van der Waals surface area contributed by atoms with E-state index < -0.39 is 0 Å². The van der Waals surface area contributed by atoms with Crippen LogP contribution in [0, 0.1) is 0 Å². The van der Waals surface area contributed by atoms with Crippen molar-refractivity contribution in [1.82, 2.24) is 9.55 Å². The van der Waals surface area contributed by atoms with E-state index in [1.807, 2.05) is 12.4 Å². The Labute approximate surface area is 214 Å². The van der Waals surface area contributed by atoms with Crippen LogP contribution in [0.25, 0.3) is 70.9 Å². The van der Waals surface area contributed by atoms with Crippen LogP contribution in [0.15, 0.2) is 134 Å². The van der Waals surface area contributed by atoms with Gasteiger partial charge in [-0.1, -0.05) is 84.9 Å². The first-order chi connectivity index (χ1) is 18.4. The van der Waals surface area contributed by atoms with Crippen LogP contribution < -0.4 is 0 Å². The first kappa shape index (κ1) is 20.3. The van der Waals surface area contributed by atoms with Gasteiger partial charge in [-0.25, -0.2) is 0 Å². The largest absolute Gasteiger partial charge is 0.309 e. The lowest BCUT2D eigenvalue weighted by Gasteiger charge is -2.13. The number of pyridine rings is 1. The van der Waals surface area contributed by atoms with E-state index in [2.05, 4.69) is 131 Å². The summed E-state index contributed by atoms with van der Waals surface area (Å²) in [4.78, 5) is 4.47. The monoisotopic (exact) mass is 470 g/mol. The van der Waals surface area contributed by atoms with E-state index in [1.54, 1.807) is 0 Å². The van der Waals surface area contributed by atoms with Gasteiger partial charge in [0.1, 0.15) is 0 Å². The molecule has 0 unspecified atom stereocenters. The van der Waals surface area contributed by atoms with Gasteiger partial charge >= 0.3 is 0 Å². The fraction of sp³-hybridized carbons (Fsp3) is 0. The molecule has 0 bridgehead atoms. The molecule has 0 aliphatic carbocycles. The van der Waals surface area contributed by atoms with E-state index in [1.165, 1.54) is 70.9 Å². The molecule has 8 rings (SSSR count). The topological polar surface area (TPSA) is 17.8 Å². The normalized spacial score (nSPS) is 11.8. The second-order valence-corrected chi connectivity index (χ2v) is 9.65. The zero-order valence-electron chi connectivity index (χ0n) is 20.1. The van der Waals surface area contributed by atoms with E-state index in [4.69, 9.17) is 0 Å². The number of para-hydroxylation sites is 2. The number of fused-ring (bicyclic) bond motifs is 9. The molecule has 0 atom stereocenters. The highest BCUT2D eigenvalue weighted by atomic mass is 15.0. The maximum Gasteiger partial charge on any atom is 0.0541 e. The van der Waals surface area contributed by atoms with E-state index >= 15 is 0 Å². The minimum absolute atomic E-state index is 1.17. The highest BCUT2D eigenvalue weighted by molar-refractivity contribution is 6.25. The summed E-state index contributed by atoms with van der Waals surface area (Å²) in [6, 6.07) is 43.9. The number of benzene rings is 6. The summed E-state index contributed by atoms with van der Waals surface area (Å²) < 4.78 is 2.38. The van der Waals surface area contributed by atoms with Crippen molar-refractivity contribution in [2.75, 3.05) is 0 Å². The average molecular weight is 471 g/mol. The molecule has 37 heavy (non-hydrogen) atoms. The predicted octanol–water partition coefficient (Wildman–Crippen LogP) is 9.31. The van der Waals surface area contributed by atoms with Crippen molar-refractivity contribution in [3.63, 3.8) is 0 Å². The summed E-state index contributed by atoms with van der Waals surface area (Å²) in [6.45, 7) is 0. The summed E-state index contributed by atoms with van der Waals surface area (Å²) in [7, 11) is 0. The molecule has 0 aliphatic rings. The molecule has 0 aliphatic heterocycles. The van der Waals surface area contributed by atoms with Crippen molar-refractivity contribution < 1.29 is 0 Å². The molecule has 0 saturated heterocycles. The van der Waals surface area contributed by atoms with Crippen molar-refractivity contribution in [2.24, 2.45) is 0 Å². The van der Waals surface area contributed by atoms with Gasteiger partial charge in [-0.15, -0.1) is 0 Å². The number of nitrogens with zero attached hydrogens (tertiary/aromatic N) is 2. The molecule has 2 aromatic heterocycles. The van der Waals surface area contributed by atoms with Gasteiger partial charge in [-0.2, -0.15) is 0 Å². The highest BCUT2D eigenvalue weighted by Gasteiger charge is 2.13. The summed E-state index contributed by atoms with van der Waals surface area (Å²) in [5.41, 5.74) is 6.02. The van der Waals surface area contributed by atoms with Crippen molar-refractivity contribution in [1.29, 1.82) is 0 Å². The fourth-order valence-electron chi connectivity index (χ4n) is 6.00. The Morgan fingerprint density at radius 1 is 0.405 bits per heavy atom. The summed E-state index contributed by atoms with van der Waals surface area (Å²) in [6.07, 6.45) is 3.89. The van der Waals surface area contributed by atoms with E-state index in [0.29, 0.717) is 0 Å². The second-order valence-electron chi connectivity index (χ2n) is 9.65. The Bertz CT molecular complexity index is 2060. The summed E-state index contributed by atoms with van der Waals surface area (Å²) in [5, 5.41) is 10.0. The van der Waals surface area contributed by atoms with Gasteiger partial charge < -0.3 is 4.57 Å². The summed E-state index contributed by atoms with van der Waals surface area (Å²) >= 11 is 0. The Balaban J connectivity index is 1.38. The quantitative estimate of drug-likeness (QED) is 0.230. The van der Waals surface area contributed by atoms with Crippen LogP contribution in [0.1, 0.15) is 0 Å². The van der Waals surface area contributed by atoms with Crippen LogP contribution in [-0.4, -0.2) is 9.55 Å². The van der Waals surface area contributed by atoms with Crippen LogP contribution in [0.2, 0.25) is 0 Å². The highest BCUT2D eigenvalue weighted by Crippen LogP contribution is 2.38.